The molecule has 0 heterocycles. The number of methoxy groups -OCH3 is 4. The lowest BCUT2D eigenvalue weighted by molar-refractivity contribution is -0.152. The van der Waals surface area contributed by atoms with Gasteiger partial charge >= 0.3 is 11.9 Å². The molecule has 0 fully saturated rings. The van der Waals surface area contributed by atoms with Gasteiger partial charge < -0.3 is 28.8 Å². The maximum absolute atomic E-state index is 12.2. The minimum Gasteiger partial charge on any atom is -0.492 e. The van der Waals surface area contributed by atoms with Crippen molar-refractivity contribution in [3.63, 3.8) is 0 Å². The Hall–Kier alpha value is -3.68. The summed E-state index contributed by atoms with van der Waals surface area (Å²) < 4.78 is 28.2. The number of ether oxygens (including phenoxy) is 5. The molecule has 8 nitrogen and oxygen atoms in total. The molecule has 2 rings (SSSR count). The molecule has 0 aliphatic heterocycles. The smallest absolute Gasteiger partial charge is 0.328 e. The van der Waals surface area contributed by atoms with Crippen molar-refractivity contribution in [3.8, 4) is 23.0 Å². The summed E-state index contributed by atoms with van der Waals surface area (Å²) in [6.07, 6.45) is 2.52. The van der Waals surface area contributed by atoms with Crippen LogP contribution in [0.5, 0.6) is 23.0 Å². The summed E-state index contributed by atoms with van der Waals surface area (Å²) in [5, 5.41) is 8.84. The lowest BCUT2D eigenvalue weighted by atomic mass is 9.83. The Balaban J connectivity index is 2.85. The first-order valence-electron chi connectivity index (χ1n) is 9.72. The molecule has 172 valence electrons. The fourth-order valence-electron chi connectivity index (χ4n) is 3.78. The van der Waals surface area contributed by atoms with Crippen LogP contribution in [0.2, 0.25) is 0 Å². The SMILES string of the molecule is COc1c(C)c(C(C)(OC(C)=O)c2ccc(/C=C/C(=O)O)cc2)c(OC)c(OC)c1OC. The van der Waals surface area contributed by atoms with Crippen LogP contribution in [0.15, 0.2) is 30.3 Å². The number of hydrogen-bond donors (Lipinski definition) is 1. The van der Waals surface area contributed by atoms with Crippen molar-refractivity contribution in [2.24, 2.45) is 0 Å². The second-order valence-electron chi connectivity index (χ2n) is 7.05. The van der Waals surface area contributed by atoms with E-state index in [9.17, 15) is 9.59 Å². The zero-order chi connectivity index (χ0) is 24.1. The van der Waals surface area contributed by atoms with Gasteiger partial charge in [-0.25, -0.2) is 4.79 Å². The monoisotopic (exact) mass is 444 g/mol. The number of benzene rings is 2. The molecular weight excluding hydrogens is 416 g/mol. The Labute approximate surface area is 187 Å². The Morgan fingerprint density at radius 3 is 1.81 bits per heavy atom. The zero-order valence-corrected chi connectivity index (χ0v) is 19.3. The van der Waals surface area contributed by atoms with E-state index in [0.29, 0.717) is 45.3 Å². The van der Waals surface area contributed by atoms with Gasteiger partial charge in [0, 0.05) is 18.6 Å². The summed E-state index contributed by atoms with van der Waals surface area (Å²) in [5.74, 6) is -0.144. The van der Waals surface area contributed by atoms with E-state index < -0.39 is 17.5 Å². The quantitative estimate of drug-likeness (QED) is 0.458. The number of carbonyl (C=O) groups excluding carboxylic acids is 1. The molecule has 32 heavy (non-hydrogen) atoms. The van der Waals surface area contributed by atoms with E-state index in [0.717, 1.165) is 6.08 Å². The van der Waals surface area contributed by atoms with Crippen LogP contribution in [0.25, 0.3) is 6.08 Å². The Morgan fingerprint density at radius 2 is 1.38 bits per heavy atom. The van der Waals surface area contributed by atoms with Crippen LogP contribution in [0, 0.1) is 6.92 Å². The van der Waals surface area contributed by atoms with Gasteiger partial charge in [0.05, 0.1) is 34.0 Å². The van der Waals surface area contributed by atoms with E-state index in [1.54, 1.807) is 31.2 Å². The highest BCUT2D eigenvalue weighted by Gasteiger charge is 2.41. The van der Waals surface area contributed by atoms with E-state index >= 15 is 0 Å². The highest BCUT2D eigenvalue weighted by atomic mass is 16.6. The average molecular weight is 444 g/mol. The molecule has 0 amide bonds. The molecule has 0 spiro atoms. The van der Waals surface area contributed by atoms with Gasteiger partial charge in [-0.05, 0) is 31.1 Å². The first-order chi connectivity index (χ1) is 15.1. The molecule has 2 aromatic rings. The van der Waals surface area contributed by atoms with Gasteiger partial charge in [0.15, 0.2) is 17.1 Å². The number of carboxylic acid groups (broad SMARTS) is 1. The zero-order valence-electron chi connectivity index (χ0n) is 19.3. The second-order valence-corrected chi connectivity index (χ2v) is 7.05. The number of carboxylic acids is 1. The van der Waals surface area contributed by atoms with Gasteiger partial charge in [0.1, 0.15) is 0 Å². The van der Waals surface area contributed by atoms with Crippen molar-refractivity contribution in [3.05, 3.63) is 52.6 Å². The highest BCUT2D eigenvalue weighted by molar-refractivity contribution is 5.85. The Kier molecular flexibility index (Phi) is 7.75. The number of hydrogen-bond acceptors (Lipinski definition) is 7. The van der Waals surface area contributed by atoms with Crippen molar-refractivity contribution >= 4 is 18.0 Å². The number of rotatable bonds is 9. The molecule has 0 radical (unpaired) electrons. The lowest BCUT2D eigenvalue weighted by Crippen LogP contribution is -2.31. The van der Waals surface area contributed by atoms with Crippen LogP contribution < -0.4 is 18.9 Å². The van der Waals surface area contributed by atoms with Crippen molar-refractivity contribution in [1.82, 2.24) is 0 Å². The van der Waals surface area contributed by atoms with Gasteiger partial charge in [0.2, 0.25) is 11.5 Å². The first kappa shape index (κ1) is 24.6. The standard InChI is InChI=1S/C24H28O8/c1-14-19(21(29-5)23(31-7)22(30-6)20(14)28-4)24(3,32-15(2)25)17-11-8-16(9-12-17)10-13-18(26)27/h8-13H,1-7H3,(H,26,27)/b13-10+. The maximum atomic E-state index is 12.2. The third kappa shape index (κ3) is 4.64. The summed E-state index contributed by atoms with van der Waals surface area (Å²) in [6.45, 7) is 4.87. The van der Waals surface area contributed by atoms with Gasteiger partial charge in [-0.2, -0.15) is 0 Å². The van der Waals surface area contributed by atoms with Crippen LogP contribution in [0.4, 0.5) is 0 Å². The van der Waals surface area contributed by atoms with Crippen molar-refractivity contribution in [2.45, 2.75) is 26.4 Å². The van der Waals surface area contributed by atoms with Crippen LogP contribution in [0.3, 0.4) is 0 Å². The first-order valence-corrected chi connectivity index (χ1v) is 9.72. The van der Waals surface area contributed by atoms with Gasteiger partial charge in [-0.15, -0.1) is 0 Å². The third-order valence-electron chi connectivity index (χ3n) is 5.08. The van der Waals surface area contributed by atoms with E-state index in [4.69, 9.17) is 28.8 Å². The lowest BCUT2D eigenvalue weighted by Gasteiger charge is -2.34. The van der Waals surface area contributed by atoms with Crippen molar-refractivity contribution in [1.29, 1.82) is 0 Å². The molecule has 1 N–H and O–H groups in total. The molecule has 1 atom stereocenters. The van der Waals surface area contributed by atoms with E-state index in [1.807, 2.05) is 6.92 Å². The minimum atomic E-state index is -1.29. The molecule has 1 unspecified atom stereocenters. The number of aliphatic carboxylic acids is 1. The normalized spacial score (nSPS) is 12.7. The van der Waals surface area contributed by atoms with E-state index in [-0.39, 0.29) is 0 Å². The van der Waals surface area contributed by atoms with Gasteiger partial charge in [-0.3, -0.25) is 4.79 Å². The topological polar surface area (TPSA) is 101 Å². The Bertz CT molecular complexity index is 1020. The van der Waals surface area contributed by atoms with Crippen molar-refractivity contribution in [2.75, 3.05) is 28.4 Å². The summed E-state index contributed by atoms with van der Waals surface area (Å²) >= 11 is 0. The van der Waals surface area contributed by atoms with Crippen LogP contribution in [-0.4, -0.2) is 45.5 Å². The average Bonchev–Trinajstić information content (AvgIpc) is 2.76. The van der Waals surface area contributed by atoms with Crippen LogP contribution in [0.1, 0.15) is 36.1 Å². The predicted molar refractivity (Wildman–Crippen MR) is 119 cm³/mol. The van der Waals surface area contributed by atoms with Gasteiger partial charge in [-0.1, -0.05) is 24.3 Å². The summed E-state index contributed by atoms with van der Waals surface area (Å²) in [4.78, 5) is 23.0. The molecule has 0 saturated heterocycles. The third-order valence-corrected chi connectivity index (χ3v) is 5.08. The molecule has 0 saturated carbocycles. The summed E-state index contributed by atoms with van der Waals surface area (Å²) in [5.41, 5.74) is 1.19. The number of esters is 1. The summed E-state index contributed by atoms with van der Waals surface area (Å²) in [6, 6.07) is 6.98. The molecule has 0 aliphatic rings. The fraction of sp³-hybridized carbons (Fsp3) is 0.333. The fourth-order valence-corrected chi connectivity index (χ4v) is 3.78. The maximum Gasteiger partial charge on any atom is 0.328 e. The van der Waals surface area contributed by atoms with Gasteiger partial charge in [0.25, 0.3) is 0 Å². The predicted octanol–water partition coefficient (Wildman–Crippen LogP) is 3.95. The van der Waals surface area contributed by atoms with E-state index in [2.05, 4.69) is 0 Å². The minimum absolute atomic E-state index is 0.298. The second kappa shape index (κ2) is 10.1. The molecule has 0 aliphatic carbocycles. The highest BCUT2D eigenvalue weighted by Crippen LogP contribution is 2.54. The molecular formula is C24H28O8. The summed E-state index contributed by atoms with van der Waals surface area (Å²) in [7, 11) is 5.97. The molecule has 0 aromatic heterocycles. The molecule has 0 bridgehead atoms. The largest absolute Gasteiger partial charge is 0.492 e. The molecule has 2 aromatic carbocycles. The van der Waals surface area contributed by atoms with Crippen molar-refractivity contribution < 1.29 is 38.4 Å². The number of carbonyl (C=O) groups is 2. The molecule has 8 heteroatoms. The van der Waals surface area contributed by atoms with E-state index in [1.165, 1.54) is 41.4 Å². The van der Waals surface area contributed by atoms with Crippen LogP contribution >= 0.6 is 0 Å². The van der Waals surface area contributed by atoms with Crippen LogP contribution in [-0.2, 0) is 19.9 Å². The Morgan fingerprint density at radius 1 is 0.875 bits per heavy atom.